The lowest BCUT2D eigenvalue weighted by Gasteiger charge is -2.36. The van der Waals surface area contributed by atoms with Gasteiger partial charge in [0, 0.05) is 77.1 Å². The molecule has 0 bridgehead atoms. The van der Waals surface area contributed by atoms with Crippen molar-refractivity contribution in [3.8, 4) is 33.4 Å². The van der Waals surface area contributed by atoms with Gasteiger partial charge in [-0.2, -0.15) is 0 Å². The first-order valence-corrected chi connectivity index (χ1v) is 38.9. The highest BCUT2D eigenvalue weighted by Crippen LogP contribution is 2.63. The van der Waals surface area contributed by atoms with E-state index >= 15 is 0 Å². The van der Waals surface area contributed by atoms with Crippen molar-refractivity contribution >= 4 is 139 Å². The summed E-state index contributed by atoms with van der Waals surface area (Å²) in [5.74, 6) is 0. The fraction of sp³-hybridized carbons (Fsp3) is 0.0755. The Morgan fingerprint density at radius 3 is 1.40 bits per heavy atom. The van der Waals surface area contributed by atoms with Crippen LogP contribution in [-0.2, 0) is 16.2 Å². The van der Waals surface area contributed by atoms with Crippen LogP contribution in [0.15, 0.2) is 377 Å². The molecule has 3 heterocycles. The van der Waals surface area contributed by atoms with Crippen molar-refractivity contribution in [2.24, 2.45) is 0 Å². The Morgan fingerprint density at radius 1 is 0.277 bits per heavy atom. The molecule has 112 heavy (non-hydrogen) atoms. The standard InChI is InChI=1S/C106H75N3O3/c1-104(2,3)87-49-27-48-86-98-75(60-61-93(103(98)112-100(86)87)108(71-37-14-8-15-38-71)73-55-58-77-82-57-54-66-30-18-19-41-76(66)99(82)105(4,5)88(77)63-73)67-31-26-34-69(62-67)106(68-32-10-6-11-33-68)89-64-74(107(70-35-12-7-13-36-70)91-50-28-46-83-79-43-22-24-52-95(79)110-101(83)91)56-59-85(89)97-81-45-21-20-42-78(81)94(65-90(97)106)109(72-39-16-9-17-40-72)92-51-29-47-84-80-44-23-25-53-96(80)111-102(84)92/h6-65H,1-5H3. The van der Waals surface area contributed by atoms with Crippen LogP contribution in [0.4, 0.5) is 51.2 Å². The predicted octanol–water partition coefficient (Wildman–Crippen LogP) is 29.7. The van der Waals surface area contributed by atoms with E-state index in [1.54, 1.807) is 0 Å². The second kappa shape index (κ2) is 24.8. The van der Waals surface area contributed by atoms with E-state index in [0.29, 0.717) is 0 Å². The maximum atomic E-state index is 7.75. The molecule has 20 aromatic rings. The number of anilines is 9. The summed E-state index contributed by atoms with van der Waals surface area (Å²) in [6.07, 6.45) is 0. The van der Waals surface area contributed by atoms with Crippen LogP contribution in [0, 0.1) is 0 Å². The van der Waals surface area contributed by atoms with E-state index < -0.39 is 5.41 Å². The Bertz CT molecular complexity index is 7230. The largest absolute Gasteiger partial charge is 0.454 e. The van der Waals surface area contributed by atoms with Crippen LogP contribution < -0.4 is 14.7 Å². The monoisotopic (exact) mass is 1440 g/mol. The van der Waals surface area contributed by atoms with Crippen LogP contribution in [0.5, 0.6) is 0 Å². The molecule has 0 spiro atoms. The molecule has 0 aliphatic heterocycles. The molecule has 1 atom stereocenters. The molecule has 6 nitrogen and oxygen atoms in total. The fourth-order valence-corrected chi connectivity index (χ4v) is 19.3. The van der Waals surface area contributed by atoms with Gasteiger partial charge in [-0.05, 0) is 191 Å². The number of hydrogen-bond donors (Lipinski definition) is 0. The minimum atomic E-state index is -1.01. The molecule has 532 valence electrons. The molecule has 2 aliphatic carbocycles. The van der Waals surface area contributed by atoms with E-state index in [1.807, 2.05) is 0 Å². The number of nitrogens with zero attached hydrogens (tertiary/aromatic N) is 3. The summed E-state index contributed by atoms with van der Waals surface area (Å²) in [6.45, 7) is 11.7. The van der Waals surface area contributed by atoms with Gasteiger partial charge in [0.2, 0.25) is 0 Å². The van der Waals surface area contributed by atoms with Gasteiger partial charge in [-0.1, -0.05) is 295 Å². The molecule has 0 N–H and O–H groups in total. The topological polar surface area (TPSA) is 49.1 Å². The van der Waals surface area contributed by atoms with Gasteiger partial charge in [0.05, 0.1) is 28.2 Å². The van der Waals surface area contributed by atoms with Crippen molar-refractivity contribution in [1.29, 1.82) is 0 Å². The van der Waals surface area contributed by atoms with Gasteiger partial charge in [0.15, 0.2) is 16.7 Å². The number of hydrogen-bond acceptors (Lipinski definition) is 6. The molecule has 2 aliphatic rings. The van der Waals surface area contributed by atoms with Gasteiger partial charge in [-0.25, -0.2) is 0 Å². The van der Waals surface area contributed by atoms with E-state index in [9.17, 15) is 0 Å². The quantitative estimate of drug-likeness (QED) is 0.121. The average Bonchev–Trinajstić information content (AvgIpc) is 1.51. The smallest absolute Gasteiger partial charge is 0.160 e. The highest BCUT2D eigenvalue weighted by atomic mass is 16.3. The van der Waals surface area contributed by atoms with Gasteiger partial charge < -0.3 is 28.0 Å². The number of rotatable bonds is 12. The van der Waals surface area contributed by atoms with Gasteiger partial charge in [-0.3, -0.25) is 0 Å². The van der Waals surface area contributed by atoms with Crippen molar-refractivity contribution < 1.29 is 13.3 Å². The summed E-state index contributed by atoms with van der Waals surface area (Å²) in [6, 6.07) is 134. The number of fused-ring (bicyclic) bond motifs is 19. The van der Waals surface area contributed by atoms with Crippen molar-refractivity contribution in [2.45, 2.75) is 50.9 Å². The summed E-state index contributed by atoms with van der Waals surface area (Å²) < 4.78 is 21.8. The molecule has 17 aromatic carbocycles. The maximum absolute atomic E-state index is 7.75. The summed E-state index contributed by atoms with van der Waals surface area (Å²) in [7, 11) is 0. The molecule has 3 aromatic heterocycles. The Labute approximate surface area is 649 Å². The number of furan rings is 3. The molecule has 0 saturated heterocycles. The molecule has 1 unspecified atom stereocenters. The van der Waals surface area contributed by atoms with Crippen LogP contribution in [-0.4, -0.2) is 0 Å². The molecule has 6 heteroatoms. The van der Waals surface area contributed by atoms with E-state index in [4.69, 9.17) is 13.3 Å². The van der Waals surface area contributed by atoms with E-state index in [2.05, 4.69) is 413 Å². The first-order chi connectivity index (χ1) is 55.0. The second-order valence-corrected chi connectivity index (χ2v) is 31.7. The molecular weight excluding hydrogens is 1360 g/mol. The van der Waals surface area contributed by atoms with Gasteiger partial charge in [0.25, 0.3) is 0 Å². The summed E-state index contributed by atoms with van der Waals surface area (Å²) in [5, 5.41) is 11.2. The highest BCUT2D eigenvalue weighted by molar-refractivity contribution is 6.19. The van der Waals surface area contributed by atoms with Crippen LogP contribution in [0.25, 0.3) is 121 Å². The summed E-state index contributed by atoms with van der Waals surface area (Å²) >= 11 is 0. The number of para-hydroxylation sites is 8. The third kappa shape index (κ3) is 9.64. The Kier molecular flexibility index (Phi) is 14.4. The second-order valence-electron chi connectivity index (χ2n) is 31.7. The lowest BCUT2D eigenvalue weighted by molar-refractivity contribution is 0.573. The minimum absolute atomic E-state index is 0.256. The Morgan fingerprint density at radius 2 is 0.759 bits per heavy atom. The molecule has 0 amide bonds. The predicted molar refractivity (Wildman–Crippen MR) is 466 cm³/mol. The van der Waals surface area contributed by atoms with E-state index in [1.165, 1.54) is 38.6 Å². The third-order valence-electron chi connectivity index (χ3n) is 24.2. The van der Waals surface area contributed by atoms with E-state index in [-0.39, 0.29) is 10.8 Å². The number of benzene rings is 17. The average molecular weight is 1440 g/mol. The van der Waals surface area contributed by atoms with Crippen molar-refractivity contribution in [1.82, 2.24) is 0 Å². The van der Waals surface area contributed by atoms with Crippen molar-refractivity contribution in [3.05, 3.63) is 403 Å². The van der Waals surface area contributed by atoms with Crippen molar-refractivity contribution in [3.63, 3.8) is 0 Å². The van der Waals surface area contributed by atoms with Crippen LogP contribution in [0.2, 0.25) is 0 Å². The molecule has 22 rings (SSSR count). The highest BCUT2D eigenvalue weighted by Gasteiger charge is 2.49. The lowest BCUT2D eigenvalue weighted by Crippen LogP contribution is -2.29. The minimum Gasteiger partial charge on any atom is -0.454 e. The van der Waals surface area contributed by atoms with Crippen molar-refractivity contribution in [2.75, 3.05) is 14.7 Å². The van der Waals surface area contributed by atoms with E-state index in [0.717, 1.165) is 172 Å². The zero-order valence-electron chi connectivity index (χ0n) is 62.7. The van der Waals surface area contributed by atoms with Gasteiger partial charge in [0.1, 0.15) is 16.7 Å². The molecule has 0 fully saturated rings. The fourth-order valence-electron chi connectivity index (χ4n) is 19.3. The van der Waals surface area contributed by atoms with Gasteiger partial charge in [-0.15, -0.1) is 0 Å². The third-order valence-corrected chi connectivity index (χ3v) is 24.2. The zero-order chi connectivity index (χ0) is 74.7. The first kappa shape index (κ1) is 65.2. The first-order valence-electron chi connectivity index (χ1n) is 38.9. The van der Waals surface area contributed by atoms with Crippen LogP contribution >= 0.6 is 0 Å². The SMILES string of the molecule is CC(C)(C)c1cccc2c1oc1c(N(c3ccccc3)c3ccc4c(c3)C(C)(C)c3c-4ccc4ccccc34)ccc(-c3cccc(C4(c5ccccc5)c5cc(N(c6ccccc6)c6cccc7c6oc6ccccc67)ccc5-c5c4cc(N(c4ccccc4)c4cccc6c4oc4ccccc46)c4ccccc54)c3)c12. The van der Waals surface area contributed by atoms with Crippen LogP contribution in [0.1, 0.15) is 73.6 Å². The van der Waals surface area contributed by atoms with Crippen LogP contribution in [0.3, 0.4) is 0 Å². The Balaban J connectivity index is 0.819. The van der Waals surface area contributed by atoms with Gasteiger partial charge >= 0.3 is 0 Å². The zero-order valence-corrected chi connectivity index (χ0v) is 62.7. The molecule has 0 radical (unpaired) electrons. The summed E-state index contributed by atoms with van der Waals surface area (Å²) in [5.41, 5.74) is 27.7. The Hall–Kier alpha value is -13.9. The molecular formula is C106H75N3O3. The maximum Gasteiger partial charge on any atom is 0.160 e. The normalized spacial score (nSPS) is 14.2. The molecule has 0 saturated carbocycles. The lowest BCUT2D eigenvalue weighted by atomic mass is 9.67. The summed E-state index contributed by atoms with van der Waals surface area (Å²) in [4.78, 5) is 7.26.